The molecule has 0 aliphatic heterocycles. The fourth-order valence-corrected chi connectivity index (χ4v) is 1.26. The van der Waals surface area contributed by atoms with Crippen molar-refractivity contribution in [2.75, 3.05) is 19.8 Å². The van der Waals surface area contributed by atoms with Gasteiger partial charge >= 0.3 is 0 Å². The van der Waals surface area contributed by atoms with E-state index in [-0.39, 0.29) is 0 Å². The van der Waals surface area contributed by atoms with E-state index >= 15 is 0 Å². The maximum Gasteiger partial charge on any atom is 0.193 e. The van der Waals surface area contributed by atoms with Crippen LogP contribution in [0, 0.1) is 0 Å². The molecule has 1 aromatic heterocycles. The van der Waals surface area contributed by atoms with E-state index in [4.69, 9.17) is 20.8 Å². The summed E-state index contributed by atoms with van der Waals surface area (Å²) in [7, 11) is 0. The van der Waals surface area contributed by atoms with E-state index in [1.54, 1.807) is 6.07 Å². The van der Waals surface area contributed by atoms with Gasteiger partial charge in [0.25, 0.3) is 0 Å². The van der Waals surface area contributed by atoms with Crippen molar-refractivity contribution in [2.24, 2.45) is 0 Å². The minimum absolute atomic E-state index is 0.441. The lowest BCUT2D eigenvalue weighted by Gasteiger charge is -2.02. The van der Waals surface area contributed by atoms with E-state index in [9.17, 15) is 0 Å². The number of furan rings is 1. The maximum absolute atomic E-state index is 5.63. The van der Waals surface area contributed by atoms with Crippen LogP contribution >= 0.6 is 11.6 Å². The van der Waals surface area contributed by atoms with Crippen molar-refractivity contribution in [3.63, 3.8) is 0 Å². The van der Waals surface area contributed by atoms with Gasteiger partial charge in [0, 0.05) is 13.2 Å². The molecule has 0 aliphatic rings. The van der Waals surface area contributed by atoms with Crippen LogP contribution in [0.2, 0.25) is 5.22 Å². The molecule has 0 atom stereocenters. The Hall–Kier alpha value is -0.510. The second-order valence-electron chi connectivity index (χ2n) is 2.93. The molecule has 0 saturated carbocycles. The molecule has 0 amide bonds. The quantitative estimate of drug-likeness (QED) is 0.713. The number of rotatable bonds is 7. The van der Waals surface area contributed by atoms with Gasteiger partial charge in [0.1, 0.15) is 5.76 Å². The van der Waals surface area contributed by atoms with E-state index in [0.29, 0.717) is 5.22 Å². The fourth-order valence-electron chi connectivity index (χ4n) is 1.10. The van der Waals surface area contributed by atoms with Gasteiger partial charge < -0.3 is 14.5 Å². The molecule has 0 aromatic carbocycles. The fraction of sp³-hybridized carbons (Fsp3) is 0.600. The second kappa shape index (κ2) is 6.87. The van der Waals surface area contributed by atoms with Gasteiger partial charge in [-0.2, -0.15) is 0 Å². The number of ether oxygens (including phenoxy) is 1. The van der Waals surface area contributed by atoms with E-state index < -0.39 is 0 Å². The number of hydrogen-bond acceptors (Lipinski definition) is 3. The summed E-state index contributed by atoms with van der Waals surface area (Å²) in [5.74, 6) is 0.867. The van der Waals surface area contributed by atoms with E-state index in [0.717, 1.165) is 38.5 Å². The lowest BCUT2D eigenvalue weighted by Crippen LogP contribution is -2.15. The Kier molecular flexibility index (Phi) is 5.68. The van der Waals surface area contributed by atoms with Crippen LogP contribution in [0.25, 0.3) is 0 Å². The smallest absolute Gasteiger partial charge is 0.193 e. The largest absolute Gasteiger partial charge is 0.448 e. The first-order chi connectivity index (χ1) is 6.83. The molecule has 0 spiro atoms. The average molecular weight is 218 g/mol. The molecular formula is C10H16ClNO2. The minimum atomic E-state index is 0.441. The molecule has 0 bridgehead atoms. The van der Waals surface area contributed by atoms with Crippen molar-refractivity contribution in [3.8, 4) is 0 Å². The minimum Gasteiger partial charge on any atom is -0.448 e. The van der Waals surface area contributed by atoms with Crippen LogP contribution < -0.4 is 5.32 Å². The molecule has 0 fully saturated rings. The average Bonchev–Trinajstić information content (AvgIpc) is 2.58. The van der Waals surface area contributed by atoms with Crippen LogP contribution in [0.5, 0.6) is 0 Å². The molecule has 0 unspecified atom stereocenters. The van der Waals surface area contributed by atoms with Gasteiger partial charge in [-0.1, -0.05) is 0 Å². The topological polar surface area (TPSA) is 34.4 Å². The van der Waals surface area contributed by atoms with Crippen molar-refractivity contribution < 1.29 is 9.15 Å². The summed E-state index contributed by atoms with van der Waals surface area (Å²) in [4.78, 5) is 0. The highest BCUT2D eigenvalue weighted by Gasteiger charge is 1.97. The van der Waals surface area contributed by atoms with E-state index in [1.165, 1.54) is 0 Å². The SMILES string of the molecule is CCOCCCNCc1ccc(Cl)o1. The number of hydrogen-bond donors (Lipinski definition) is 1. The zero-order chi connectivity index (χ0) is 10.2. The van der Waals surface area contributed by atoms with Gasteiger partial charge in [-0.05, 0) is 43.6 Å². The van der Waals surface area contributed by atoms with Crippen LogP contribution in [-0.2, 0) is 11.3 Å². The number of halogens is 1. The Balaban J connectivity index is 1.99. The summed E-state index contributed by atoms with van der Waals surface area (Å²) in [6, 6.07) is 3.62. The second-order valence-corrected chi connectivity index (χ2v) is 3.31. The molecule has 0 radical (unpaired) electrons. The molecular weight excluding hydrogens is 202 g/mol. The molecule has 3 nitrogen and oxygen atoms in total. The van der Waals surface area contributed by atoms with E-state index in [1.807, 2.05) is 13.0 Å². The molecule has 1 heterocycles. The van der Waals surface area contributed by atoms with Gasteiger partial charge in [-0.25, -0.2) is 0 Å². The molecule has 1 rings (SSSR count). The van der Waals surface area contributed by atoms with Crippen molar-refractivity contribution in [2.45, 2.75) is 19.9 Å². The first-order valence-corrected chi connectivity index (χ1v) is 5.23. The summed E-state index contributed by atoms with van der Waals surface area (Å²) in [6.45, 7) is 5.24. The zero-order valence-corrected chi connectivity index (χ0v) is 9.14. The first kappa shape index (κ1) is 11.6. The van der Waals surface area contributed by atoms with Crippen LogP contribution in [0.1, 0.15) is 19.1 Å². The first-order valence-electron chi connectivity index (χ1n) is 4.85. The number of nitrogens with one attached hydrogen (secondary N) is 1. The monoisotopic (exact) mass is 217 g/mol. The molecule has 1 N–H and O–H groups in total. The Morgan fingerprint density at radius 2 is 2.36 bits per heavy atom. The Morgan fingerprint density at radius 1 is 1.50 bits per heavy atom. The van der Waals surface area contributed by atoms with Gasteiger partial charge in [-0.15, -0.1) is 0 Å². The normalized spacial score (nSPS) is 10.7. The molecule has 14 heavy (non-hydrogen) atoms. The predicted octanol–water partition coefficient (Wildman–Crippen LogP) is 2.45. The van der Waals surface area contributed by atoms with Gasteiger partial charge in [-0.3, -0.25) is 0 Å². The molecule has 0 saturated heterocycles. The van der Waals surface area contributed by atoms with E-state index in [2.05, 4.69) is 5.32 Å². The highest BCUT2D eigenvalue weighted by atomic mass is 35.5. The van der Waals surface area contributed by atoms with Crippen LogP contribution in [-0.4, -0.2) is 19.8 Å². The Labute approximate surface area is 89.4 Å². The van der Waals surface area contributed by atoms with Gasteiger partial charge in [0.05, 0.1) is 6.54 Å². The predicted molar refractivity (Wildman–Crippen MR) is 56.5 cm³/mol. The molecule has 80 valence electrons. The maximum atomic E-state index is 5.63. The summed E-state index contributed by atoms with van der Waals surface area (Å²) >= 11 is 5.63. The summed E-state index contributed by atoms with van der Waals surface area (Å²) in [6.07, 6.45) is 1.02. The Bertz CT molecular complexity index is 250. The van der Waals surface area contributed by atoms with Crippen molar-refractivity contribution in [1.29, 1.82) is 0 Å². The van der Waals surface area contributed by atoms with Crippen molar-refractivity contribution >= 4 is 11.6 Å². The standard InChI is InChI=1S/C10H16ClNO2/c1-2-13-7-3-6-12-8-9-4-5-10(11)14-9/h4-5,12H,2-3,6-8H2,1H3. The summed E-state index contributed by atoms with van der Waals surface area (Å²) in [5.41, 5.74) is 0. The highest BCUT2D eigenvalue weighted by Crippen LogP contribution is 2.12. The van der Waals surface area contributed by atoms with Crippen molar-refractivity contribution in [3.05, 3.63) is 23.1 Å². The lowest BCUT2D eigenvalue weighted by molar-refractivity contribution is 0.144. The van der Waals surface area contributed by atoms with Gasteiger partial charge in [0.2, 0.25) is 0 Å². The third-order valence-electron chi connectivity index (χ3n) is 1.77. The third-order valence-corrected chi connectivity index (χ3v) is 1.98. The zero-order valence-electron chi connectivity index (χ0n) is 8.38. The summed E-state index contributed by atoms with van der Waals surface area (Å²) < 4.78 is 10.4. The molecule has 1 aromatic rings. The molecule has 4 heteroatoms. The Morgan fingerprint density at radius 3 is 3.00 bits per heavy atom. The van der Waals surface area contributed by atoms with Crippen LogP contribution in [0.15, 0.2) is 16.5 Å². The molecule has 0 aliphatic carbocycles. The highest BCUT2D eigenvalue weighted by molar-refractivity contribution is 6.28. The van der Waals surface area contributed by atoms with Gasteiger partial charge in [0.15, 0.2) is 5.22 Å². The van der Waals surface area contributed by atoms with Crippen LogP contribution in [0.4, 0.5) is 0 Å². The van der Waals surface area contributed by atoms with Crippen LogP contribution in [0.3, 0.4) is 0 Å². The van der Waals surface area contributed by atoms with Crippen molar-refractivity contribution in [1.82, 2.24) is 5.32 Å². The lowest BCUT2D eigenvalue weighted by atomic mass is 10.4. The third kappa shape index (κ3) is 4.65. The summed E-state index contributed by atoms with van der Waals surface area (Å²) in [5, 5.41) is 3.68.